The van der Waals surface area contributed by atoms with E-state index >= 15 is 0 Å². The first-order valence-corrected chi connectivity index (χ1v) is 9.36. The van der Waals surface area contributed by atoms with Gasteiger partial charge in [-0.1, -0.05) is 5.16 Å². The van der Waals surface area contributed by atoms with E-state index in [1.165, 1.54) is 11.3 Å². The lowest BCUT2D eigenvalue weighted by Gasteiger charge is -2.34. The molecule has 2 atom stereocenters. The van der Waals surface area contributed by atoms with E-state index < -0.39 is 0 Å². The van der Waals surface area contributed by atoms with Crippen LogP contribution in [0.15, 0.2) is 16.1 Å². The van der Waals surface area contributed by atoms with E-state index in [1.807, 2.05) is 12.3 Å². The third-order valence-electron chi connectivity index (χ3n) is 4.79. The zero-order chi connectivity index (χ0) is 16.5. The lowest BCUT2D eigenvalue weighted by atomic mass is 9.96. The second-order valence-electron chi connectivity index (χ2n) is 6.60. The van der Waals surface area contributed by atoms with Crippen molar-refractivity contribution in [3.8, 4) is 0 Å². The quantitative estimate of drug-likeness (QED) is 0.895. The molecule has 128 valence electrons. The first-order valence-electron chi connectivity index (χ1n) is 8.48. The number of rotatable bonds is 5. The molecule has 1 N–H and O–H groups in total. The van der Waals surface area contributed by atoms with Gasteiger partial charge in [0, 0.05) is 30.0 Å². The van der Waals surface area contributed by atoms with Gasteiger partial charge in [0.15, 0.2) is 11.0 Å². The molecular weight excluding hydrogens is 326 g/mol. The van der Waals surface area contributed by atoms with Crippen molar-refractivity contribution in [1.82, 2.24) is 20.0 Å². The fourth-order valence-electron chi connectivity index (χ4n) is 3.14. The average molecular weight is 347 g/mol. The molecule has 2 aromatic heterocycles. The Balaban J connectivity index is 1.38. The molecule has 1 amide bonds. The van der Waals surface area contributed by atoms with Gasteiger partial charge in [0.2, 0.25) is 11.8 Å². The van der Waals surface area contributed by atoms with Gasteiger partial charge in [-0.3, -0.25) is 9.69 Å². The van der Waals surface area contributed by atoms with Crippen LogP contribution in [0.1, 0.15) is 56.2 Å². The Morgan fingerprint density at radius 3 is 3.04 bits per heavy atom. The number of piperidine rings is 1. The second-order valence-corrected chi connectivity index (χ2v) is 7.50. The fraction of sp³-hybridized carbons (Fsp3) is 0.625. The predicted molar refractivity (Wildman–Crippen MR) is 90.0 cm³/mol. The minimum Gasteiger partial charge on any atom is -0.339 e. The number of aromatic nitrogens is 3. The Labute approximate surface area is 144 Å². The van der Waals surface area contributed by atoms with Crippen LogP contribution in [0, 0.1) is 0 Å². The monoisotopic (exact) mass is 347 g/mol. The number of thiazole rings is 1. The van der Waals surface area contributed by atoms with Crippen molar-refractivity contribution in [1.29, 1.82) is 0 Å². The van der Waals surface area contributed by atoms with Gasteiger partial charge in [-0.25, -0.2) is 4.98 Å². The van der Waals surface area contributed by atoms with Gasteiger partial charge >= 0.3 is 0 Å². The number of carbonyl (C=O) groups excluding carboxylic acids is 1. The lowest BCUT2D eigenvalue weighted by Crippen LogP contribution is -2.46. The fourth-order valence-corrected chi connectivity index (χ4v) is 3.67. The van der Waals surface area contributed by atoms with Crippen molar-refractivity contribution >= 4 is 22.4 Å². The molecule has 1 saturated heterocycles. The standard InChI is InChI=1S/C16H21N5O2S/c1-10(14(22)19-16-17-6-8-24-16)21-7-2-3-12(9-21)13-18-15(23-20-13)11-4-5-11/h6,8,10-12H,2-5,7,9H2,1H3,(H,17,19,22)/t10-,12+/m0/s1. The third kappa shape index (κ3) is 3.34. The molecule has 4 rings (SSSR count). The number of nitrogens with zero attached hydrogens (tertiary/aromatic N) is 4. The number of anilines is 1. The topological polar surface area (TPSA) is 84.2 Å². The summed E-state index contributed by atoms with van der Waals surface area (Å²) in [5, 5.41) is 9.55. The molecule has 2 fully saturated rings. The van der Waals surface area contributed by atoms with Crippen LogP contribution in [0.5, 0.6) is 0 Å². The molecule has 8 heteroatoms. The van der Waals surface area contributed by atoms with Gasteiger partial charge in [-0.2, -0.15) is 4.98 Å². The summed E-state index contributed by atoms with van der Waals surface area (Å²) in [5.74, 6) is 2.29. The van der Waals surface area contributed by atoms with Crippen LogP contribution in [-0.4, -0.2) is 45.1 Å². The van der Waals surface area contributed by atoms with Crippen LogP contribution >= 0.6 is 11.3 Å². The van der Waals surface area contributed by atoms with Gasteiger partial charge in [0.1, 0.15) is 0 Å². The normalized spacial score (nSPS) is 23.1. The molecule has 1 aliphatic carbocycles. The van der Waals surface area contributed by atoms with Crippen molar-refractivity contribution in [2.75, 3.05) is 18.4 Å². The Kier molecular flexibility index (Phi) is 4.32. The Morgan fingerprint density at radius 2 is 2.29 bits per heavy atom. The van der Waals surface area contributed by atoms with Crippen molar-refractivity contribution < 1.29 is 9.32 Å². The molecule has 0 radical (unpaired) electrons. The molecule has 1 aliphatic heterocycles. The van der Waals surface area contributed by atoms with Gasteiger partial charge < -0.3 is 9.84 Å². The summed E-state index contributed by atoms with van der Waals surface area (Å²) in [7, 11) is 0. The number of hydrogen-bond acceptors (Lipinski definition) is 7. The van der Waals surface area contributed by atoms with Gasteiger partial charge in [0.25, 0.3) is 0 Å². The largest absolute Gasteiger partial charge is 0.339 e. The number of likely N-dealkylation sites (tertiary alicyclic amines) is 1. The lowest BCUT2D eigenvalue weighted by molar-refractivity contribution is -0.121. The molecule has 1 saturated carbocycles. The van der Waals surface area contributed by atoms with Crippen LogP contribution < -0.4 is 5.32 Å². The van der Waals surface area contributed by atoms with Crippen molar-refractivity contribution in [3.05, 3.63) is 23.3 Å². The van der Waals surface area contributed by atoms with E-state index in [0.29, 0.717) is 11.0 Å². The predicted octanol–water partition coefficient (Wildman–Crippen LogP) is 2.61. The highest BCUT2D eigenvalue weighted by Gasteiger charge is 2.33. The molecule has 3 heterocycles. The van der Waals surface area contributed by atoms with Gasteiger partial charge in [-0.05, 0) is 39.2 Å². The molecule has 0 unspecified atom stereocenters. The molecule has 2 aliphatic rings. The SMILES string of the molecule is C[C@@H](C(=O)Nc1nccs1)N1CCC[C@@H](c2noc(C3CC3)n2)C1. The van der Waals surface area contributed by atoms with E-state index in [4.69, 9.17) is 4.52 Å². The molecule has 0 spiro atoms. The van der Waals surface area contributed by atoms with Crippen molar-refractivity contribution in [2.24, 2.45) is 0 Å². The molecule has 0 bridgehead atoms. The summed E-state index contributed by atoms with van der Waals surface area (Å²) < 4.78 is 5.39. The van der Waals surface area contributed by atoms with E-state index in [9.17, 15) is 4.79 Å². The van der Waals surface area contributed by atoms with Crippen LogP contribution in [-0.2, 0) is 4.79 Å². The Bertz CT molecular complexity index is 697. The van der Waals surface area contributed by atoms with Crippen LogP contribution in [0.4, 0.5) is 5.13 Å². The van der Waals surface area contributed by atoms with Crippen molar-refractivity contribution in [3.63, 3.8) is 0 Å². The maximum Gasteiger partial charge on any atom is 0.243 e. The van der Waals surface area contributed by atoms with E-state index in [1.54, 1.807) is 6.20 Å². The molecular formula is C16H21N5O2S. The summed E-state index contributed by atoms with van der Waals surface area (Å²) in [5.41, 5.74) is 0. The Hall–Kier alpha value is -1.80. The number of carbonyl (C=O) groups is 1. The summed E-state index contributed by atoms with van der Waals surface area (Å²) >= 11 is 1.43. The summed E-state index contributed by atoms with van der Waals surface area (Å²) in [6.45, 7) is 3.64. The summed E-state index contributed by atoms with van der Waals surface area (Å²) in [6, 6.07) is -0.202. The first-order chi connectivity index (χ1) is 11.7. The summed E-state index contributed by atoms with van der Waals surface area (Å²) in [6.07, 6.45) is 6.09. The maximum absolute atomic E-state index is 12.4. The smallest absolute Gasteiger partial charge is 0.243 e. The maximum atomic E-state index is 12.4. The zero-order valence-electron chi connectivity index (χ0n) is 13.6. The minimum atomic E-state index is -0.202. The van der Waals surface area contributed by atoms with E-state index in [0.717, 1.165) is 50.5 Å². The molecule has 0 aromatic carbocycles. The Morgan fingerprint density at radius 1 is 1.42 bits per heavy atom. The van der Waals surface area contributed by atoms with E-state index in [-0.39, 0.29) is 17.9 Å². The van der Waals surface area contributed by atoms with Crippen LogP contribution in [0.2, 0.25) is 0 Å². The zero-order valence-corrected chi connectivity index (χ0v) is 14.5. The van der Waals surface area contributed by atoms with Gasteiger partial charge in [0.05, 0.1) is 6.04 Å². The number of amides is 1. The number of nitrogens with one attached hydrogen (secondary N) is 1. The van der Waals surface area contributed by atoms with Crippen molar-refractivity contribution in [2.45, 2.75) is 50.5 Å². The highest BCUT2D eigenvalue weighted by atomic mass is 32.1. The second kappa shape index (κ2) is 6.60. The minimum absolute atomic E-state index is 0.0163. The average Bonchev–Trinajstić information content (AvgIpc) is 3.11. The summed E-state index contributed by atoms with van der Waals surface area (Å²) in [4.78, 5) is 23.3. The molecule has 2 aromatic rings. The molecule has 24 heavy (non-hydrogen) atoms. The van der Waals surface area contributed by atoms with Crippen LogP contribution in [0.3, 0.4) is 0 Å². The highest BCUT2D eigenvalue weighted by molar-refractivity contribution is 7.13. The highest BCUT2D eigenvalue weighted by Crippen LogP contribution is 2.39. The number of hydrogen-bond donors (Lipinski definition) is 1. The third-order valence-corrected chi connectivity index (χ3v) is 5.48. The van der Waals surface area contributed by atoms with Crippen LogP contribution in [0.25, 0.3) is 0 Å². The van der Waals surface area contributed by atoms with E-state index in [2.05, 4.69) is 25.3 Å². The first kappa shape index (κ1) is 15.7. The molecule has 7 nitrogen and oxygen atoms in total. The van der Waals surface area contributed by atoms with Gasteiger partial charge in [-0.15, -0.1) is 11.3 Å².